The van der Waals surface area contributed by atoms with Gasteiger partial charge in [-0.3, -0.25) is 14.6 Å². The van der Waals surface area contributed by atoms with Gasteiger partial charge in [-0.2, -0.15) is 13.2 Å². The number of likely N-dealkylation sites (tertiary alicyclic amines) is 2. The summed E-state index contributed by atoms with van der Waals surface area (Å²) in [7, 11) is 0. The molecule has 4 heterocycles. The second-order valence-electron chi connectivity index (χ2n) is 12.4. The number of halogens is 3. The number of piperidine rings is 2. The molecule has 240 valence electrons. The Morgan fingerprint density at radius 1 is 1.05 bits per heavy atom. The van der Waals surface area contributed by atoms with Crippen LogP contribution in [0.15, 0.2) is 42.6 Å². The highest BCUT2D eigenvalue weighted by molar-refractivity contribution is 5.95. The number of hydrogen-bond acceptors (Lipinski definition) is 6. The molecule has 0 bridgehead atoms. The molecule has 3 saturated heterocycles. The van der Waals surface area contributed by atoms with E-state index in [2.05, 4.69) is 11.9 Å². The fourth-order valence-corrected chi connectivity index (χ4v) is 7.07. The van der Waals surface area contributed by atoms with Crippen molar-refractivity contribution in [2.45, 2.75) is 83.0 Å². The van der Waals surface area contributed by atoms with Gasteiger partial charge in [0.25, 0.3) is 5.91 Å². The van der Waals surface area contributed by atoms with Gasteiger partial charge in [0.1, 0.15) is 5.69 Å². The Morgan fingerprint density at radius 2 is 1.80 bits per heavy atom. The average Bonchev–Trinajstić information content (AvgIpc) is 3.48. The van der Waals surface area contributed by atoms with Crippen molar-refractivity contribution < 1.29 is 32.7 Å². The van der Waals surface area contributed by atoms with E-state index in [4.69, 9.17) is 4.84 Å². The molecular formula is C33H43F3N4O4. The summed E-state index contributed by atoms with van der Waals surface area (Å²) < 4.78 is 41.1. The summed E-state index contributed by atoms with van der Waals surface area (Å²) >= 11 is 0. The van der Waals surface area contributed by atoms with Crippen LogP contribution in [0, 0.1) is 11.8 Å². The average molecular weight is 617 g/mol. The standard InChI is InChI=1S/C33H43F3N4O4/c1-3-9-27-24(10-8-18-40(27)31(42)29-26(33(34,35)36)12-7-17-37-29)30(41)38-20-15-32(43,16-21-38)25-11-5-6-13-28(25)44-39-19-14-23(4-2)22-39/h5-7,11-13,17,23-24,27,43H,3-4,8-10,14-16,18-22H2,1-2H3. The van der Waals surface area contributed by atoms with Crippen LogP contribution in [0.5, 0.6) is 5.75 Å². The van der Waals surface area contributed by atoms with E-state index in [1.54, 1.807) is 4.90 Å². The number of benzene rings is 1. The second kappa shape index (κ2) is 13.4. The third-order valence-corrected chi connectivity index (χ3v) is 9.60. The number of carbonyl (C=O) groups is 2. The molecule has 3 unspecified atom stereocenters. The highest BCUT2D eigenvalue weighted by Crippen LogP contribution is 2.40. The minimum Gasteiger partial charge on any atom is -0.406 e. The lowest BCUT2D eigenvalue weighted by Crippen LogP contribution is -2.55. The van der Waals surface area contributed by atoms with E-state index in [0.29, 0.717) is 68.8 Å². The number of rotatable bonds is 8. The Labute approximate surface area is 257 Å². The van der Waals surface area contributed by atoms with E-state index in [1.807, 2.05) is 36.3 Å². The predicted molar refractivity (Wildman–Crippen MR) is 158 cm³/mol. The van der Waals surface area contributed by atoms with Crippen LogP contribution >= 0.6 is 0 Å². The van der Waals surface area contributed by atoms with Gasteiger partial charge in [-0.15, -0.1) is 5.06 Å². The maximum Gasteiger partial charge on any atom is 0.418 e. The first-order chi connectivity index (χ1) is 21.1. The van der Waals surface area contributed by atoms with E-state index in [9.17, 15) is 27.9 Å². The summed E-state index contributed by atoms with van der Waals surface area (Å²) in [5.41, 5.74) is -2.15. The van der Waals surface area contributed by atoms with E-state index < -0.39 is 40.9 Å². The molecule has 0 saturated carbocycles. The van der Waals surface area contributed by atoms with E-state index in [0.717, 1.165) is 32.0 Å². The summed E-state index contributed by atoms with van der Waals surface area (Å²) in [5, 5.41) is 13.7. The topological polar surface area (TPSA) is 86.2 Å². The van der Waals surface area contributed by atoms with Gasteiger partial charge in [0.05, 0.1) is 17.1 Å². The van der Waals surface area contributed by atoms with Crippen molar-refractivity contribution in [1.29, 1.82) is 0 Å². The zero-order valence-electron chi connectivity index (χ0n) is 25.6. The SMILES string of the molecule is CCCC1C(C(=O)N2CCC(O)(c3ccccc3ON3CCC(CC)C3)CC2)CCCN1C(=O)c1ncccc1C(F)(F)F. The molecule has 3 aliphatic heterocycles. The lowest BCUT2D eigenvalue weighted by Gasteiger charge is -2.45. The molecule has 1 aromatic heterocycles. The van der Waals surface area contributed by atoms with Gasteiger partial charge in [-0.25, -0.2) is 0 Å². The molecule has 1 N–H and O–H groups in total. The van der Waals surface area contributed by atoms with Gasteiger partial charge in [0.2, 0.25) is 5.91 Å². The van der Waals surface area contributed by atoms with Crippen LogP contribution in [0.1, 0.15) is 86.8 Å². The highest BCUT2D eigenvalue weighted by atomic mass is 19.4. The van der Waals surface area contributed by atoms with Gasteiger partial charge in [0.15, 0.2) is 5.75 Å². The first-order valence-corrected chi connectivity index (χ1v) is 15.9. The minimum absolute atomic E-state index is 0.118. The monoisotopic (exact) mass is 616 g/mol. The lowest BCUT2D eigenvalue weighted by atomic mass is 9.81. The van der Waals surface area contributed by atoms with Crippen LogP contribution in [0.25, 0.3) is 0 Å². The first-order valence-electron chi connectivity index (χ1n) is 15.9. The number of hydrogen-bond donors (Lipinski definition) is 1. The number of nitrogens with zero attached hydrogens (tertiary/aromatic N) is 4. The van der Waals surface area contributed by atoms with E-state index in [1.165, 1.54) is 17.2 Å². The quantitative estimate of drug-likeness (QED) is 0.412. The first kappa shape index (κ1) is 32.2. The Bertz CT molecular complexity index is 1310. The van der Waals surface area contributed by atoms with Crippen LogP contribution in [0.4, 0.5) is 13.2 Å². The molecule has 44 heavy (non-hydrogen) atoms. The number of para-hydroxylation sites is 1. The third kappa shape index (κ3) is 6.73. The van der Waals surface area contributed by atoms with Gasteiger partial charge < -0.3 is 19.7 Å². The number of alkyl halides is 3. The number of carbonyl (C=O) groups excluding carboxylic acids is 2. The van der Waals surface area contributed by atoms with Gasteiger partial charge >= 0.3 is 6.18 Å². The van der Waals surface area contributed by atoms with Crippen LogP contribution in [0.3, 0.4) is 0 Å². The lowest BCUT2D eigenvalue weighted by molar-refractivity contribution is -0.144. The molecule has 3 atom stereocenters. The number of hydroxylamine groups is 2. The molecule has 5 rings (SSSR count). The van der Waals surface area contributed by atoms with Crippen molar-refractivity contribution in [1.82, 2.24) is 19.8 Å². The maximum absolute atomic E-state index is 14.0. The maximum atomic E-state index is 14.0. The zero-order valence-corrected chi connectivity index (χ0v) is 25.6. The largest absolute Gasteiger partial charge is 0.418 e. The number of aliphatic hydroxyl groups is 1. The summed E-state index contributed by atoms with van der Waals surface area (Å²) in [5.74, 6) is -0.218. The molecule has 3 fully saturated rings. The number of aromatic nitrogens is 1. The molecule has 11 heteroatoms. The normalized spacial score (nSPS) is 24.4. The Hall–Kier alpha value is -3.18. The van der Waals surface area contributed by atoms with Gasteiger partial charge in [0, 0.05) is 50.5 Å². The summed E-state index contributed by atoms with van der Waals surface area (Å²) in [4.78, 5) is 40.7. The fourth-order valence-electron chi connectivity index (χ4n) is 7.07. The zero-order chi connectivity index (χ0) is 31.5. The van der Waals surface area contributed by atoms with Crippen molar-refractivity contribution in [2.75, 3.05) is 32.7 Å². The van der Waals surface area contributed by atoms with Crippen LogP contribution < -0.4 is 4.84 Å². The van der Waals surface area contributed by atoms with Gasteiger partial charge in [-0.1, -0.05) is 44.9 Å². The van der Waals surface area contributed by atoms with Crippen molar-refractivity contribution in [3.63, 3.8) is 0 Å². The molecule has 2 aromatic rings. The summed E-state index contributed by atoms with van der Waals surface area (Å²) in [6.45, 7) is 6.73. The second-order valence-corrected chi connectivity index (χ2v) is 12.4. The Morgan fingerprint density at radius 3 is 2.48 bits per heavy atom. The summed E-state index contributed by atoms with van der Waals surface area (Å²) in [6, 6.07) is 9.04. The molecular weight excluding hydrogens is 573 g/mol. The fraction of sp³-hybridized carbons (Fsp3) is 0.606. The molecule has 0 spiro atoms. The van der Waals surface area contributed by atoms with Gasteiger partial charge in [-0.05, 0) is 62.6 Å². The molecule has 0 radical (unpaired) electrons. The molecule has 3 aliphatic rings. The van der Waals surface area contributed by atoms with Crippen LogP contribution in [0.2, 0.25) is 0 Å². The van der Waals surface area contributed by atoms with Crippen molar-refractivity contribution >= 4 is 11.8 Å². The van der Waals surface area contributed by atoms with E-state index >= 15 is 0 Å². The molecule has 1 aromatic carbocycles. The van der Waals surface area contributed by atoms with Crippen molar-refractivity contribution in [2.24, 2.45) is 11.8 Å². The van der Waals surface area contributed by atoms with Crippen LogP contribution in [-0.2, 0) is 16.6 Å². The molecule has 8 nitrogen and oxygen atoms in total. The highest BCUT2D eigenvalue weighted by Gasteiger charge is 2.45. The Kier molecular flexibility index (Phi) is 9.84. The van der Waals surface area contributed by atoms with Crippen molar-refractivity contribution in [3.05, 3.63) is 59.4 Å². The van der Waals surface area contributed by atoms with Crippen molar-refractivity contribution in [3.8, 4) is 5.75 Å². The Balaban J connectivity index is 1.29. The molecule has 2 amide bonds. The number of amides is 2. The third-order valence-electron chi connectivity index (χ3n) is 9.60. The predicted octanol–water partition coefficient (Wildman–Crippen LogP) is 5.66. The van der Waals surface area contributed by atoms with E-state index in [-0.39, 0.29) is 12.5 Å². The minimum atomic E-state index is -4.72. The number of pyridine rings is 1. The smallest absolute Gasteiger partial charge is 0.406 e. The molecule has 0 aliphatic carbocycles. The summed E-state index contributed by atoms with van der Waals surface area (Å²) in [6.07, 6.45) is 1.52. The van der Waals surface area contributed by atoms with Crippen LogP contribution in [-0.4, -0.2) is 75.5 Å².